The van der Waals surface area contributed by atoms with Gasteiger partial charge in [0.05, 0.1) is 0 Å². The van der Waals surface area contributed by atoms with Gasteiger partial charge >= 0.3 is 6.03 Å². The Bertz CT molecular complexity index is 702. The Hall–Kier alpha value is -2.50. The number of rotatable bonds is 2. The number of carbonyl (C=O) groups is 1. The summed E-state index contributed by atoms with van der Waals surface area (Å²) in [5.74, 6) is 1.14. The topological polar surface area (TPSA) is 61.6 Å². The van der Waals surface area contributed by atoms with E-state index in [0.29, 0.717) is 24.7 Å². The van der Waals surface area contributed by atoms with E-state index in [1.807, 2.05) is 4.90 Å². The van der Waals surface area contributed by atoms with Crippen molar-refractivity contribution < 1.29 is 9.32 Å². The van der Waals surface area contributed by atoms with Gasteiger partial charge in [0.15, 0.2) is 5.82 Å². The van der Waals surface area contributed by atoms with Crippen LogP contribution in [0.25, 0.3) is 0 Å². The molecule has 122 valence electrons. The van der Waals surface area contributed by atoms with Crippen LogP contribution < -0.4 is 10.2 Å². The molecule has 0 spiro atoms. The number of carbonyl (C=O) groups excluding carboxylic acids is 1. The minimum Gasteiger partial charge on any atom is -0.368 e. The summed E-state index contributed by atoms with van der Waals surface area (Å²) in [6, 6.07) is 8.07. The van der Waals surface area contributed by atoms with Crippen molar-refractivity contribution in [1.82, 2.24) is 10.1 Å². The van der Waals surface area contributed by atoms with Crippen molar-refractivity contribution in [2.24, 2.45) is 0 Å². The molecule has 1 aromatic heterocycles. The van der Waals surface area contributed by atoms with Gasteiger partial charge in [0.1, 0.15) is 5.76 Å². The van der Waals surface area contributed by atoms with Crippen LogP contribution >= 0.6 is 0 Å². The SMILES string of the molecule is Cc1ccc(C)c(N2CCN(C(=O)Nc3cc(C)on3)CC2)c1. The largest absolute Gasteiger partial charge is 0.368 e. The molecule has 1 aliphatic rings. The lowest BCUT2D eigenvalue weighted by Crippen LogP contribution is -2.50. The second-order valence-corrected chi connectivity index (χ2v) is 6.02. The first kappa shape index (κ1) is 15.4. The highest BCUT2D eigenvalue weighted by molar-refractivity contribution is 5.88. The van der Waals surface area contributed by atoms with Gasteiger partial charge in [0, 0.05) is 37.9 Å². The zero-order valence-corrected chi connectivity index (χ0v) is 13.8. The second kappa shape index (κ2) is 6.32. The third kappa shape index (κ3) is 3.47. The number of hydrogen-bond acceptors (Lipinski definition) is 4. The molecule has 0 atom stereocenters. The fourth-order valence-electron chi connectivity index (χ4n) is 2.82. The maximum absolute atomic E-state index is 12.3. The van der Waals surface area contributed by atoms with Crippen LogP contribution in [-0.2, 0) is 0 Å². The van der Waals surface area contributed by atoms with Crippen molar-refractivity contribution in [1.29, 1.82) is 0 Å². The van der Waals surface area contributed by atoms with Gasteiger partial charge < -0.3 is 14.3 Å². The number of aryl methyl sites for hydroxylation is 3. The molecule has 2 heterocycles. The van der Waals surface area contributed by atoms with Crippen LogP contribution in [0, 0.1) is 20.8 Å². The predicted octanol–water partition coefficient (Wildman–Crippen LogP) is 2.95. The third-order valence-electron chi connectivity index (χ3n) is 4.14. The Kier molecular flexibility index (Phi) is 4.23. The summed E-state index contributed by atoms with van der Waals surface area (Å²) in [4.78, 5) is 16.4. The minimum atomic E-state index is -0.126. The van der Waals surface area contributed by atoms with Crippen LogP contribution in [-0.4, -0.2) is 42.3 Å². The first-order chi connectivity index (χ1) is 11.0. The lowest BCUT2D eigenvalue weighted by atomic mass is 10.1. The number of nitrogens with one attached hydrogen (secondary N) is 1. The Balaban J connectivity index is 1.59. The summed E-state index contributed by atoms with van der Waals surface area (Å²) in [5, 5.41) is 6.56. The number of amides is 2. The molecule has 1 N–H and O–H groups in total. The fourth-order valence-corrected chi connectivity index (χ4v) is 2.82. The van der Waals surface area contributed by atoms with Crippen LogP contribution in [0.3, 0.4) is 0 Å². The van der Waals surface area contributed by atoms with Gasteiger partial charge in [-0.15, -0.1) is 0 Å². The maximum Gasteiger partial charge on any atom is 0.323 e. The number of nitrogens with zero attached hydrogens (tertiary/aromatic N) is 3. The normalized spacial score (nSPS) is 14.9. The maximum atomic E-state index is 12.3. The number of urea groups is 1. The van der Waals surface area contributed by atoms with E-state index < -0.39 is 0 Å². The highest BCUT2D eigenvalue weighted by atomic mass is 16.5. The molecule has 0 aliphatic carbocycles. The van der Waals surface area contributed by atoms with E-state index in [1.54, 1.807) is 13.0 Å². The zero-order valence-electron chi connectivity index (χ0n) is 13.8. The molecular formula is C17H22N4O2. The van der Waals surface area contributed by atoms with Crippen LogP contribution in [0.4, 0.5) is 16.3 Å². The molecule has 1 aromatic carbocycles. The highest BCUT2D eigenvalue weighted by Crippen LogP contribution is 2.23. The third-order valence-corrected chi connectivity index (χ3v) is 4.14. The van der Waals surface area contributed by atoms with E-state index in [-0.39, 0.29) is 6.03 Å². The molecule has 1 fully saturated rings. The van der Waals surface area contributed by atoms with Crippen molar-refractivity contribution in [2.45, 2.75) is 20.8 Å². The zero-order chi connectivity index (χ0) is 16.4. The molecule has 6 nitrogen and oxygen atoms in total. The molecule has 1 saturated heterocycles. The van der Waals surface area contributed by atoms with Crippen LogP contribution in [0.2, 0.25) is 0 Å². The van der Waals surface area contributed by atoms with Crippen molar-refractivity contribution in [3.8, 4) is 0 Å². The average Bonchev–Trinajstić information content (AvgIpc) is 2.95. The summed E-state index contributed by atoms with van der Waals surface area (Å²) in [5.41, 5.74) is 3.79. The molecule has 1 aliphatic heterocycles. The smallest absolute Gasteiger partial charge is 0.323 e. The van der Waals surface area contributed by atoms with Crippen molar-refractivity contribution >= 4 is 17.5 Å². The number of piperazine rings is 1. The van der Waals surface area contributed by atoms with Crippen molar-refractivity contribution in [2.75, 3.05) is 36.4 Å². The van der Waals surface area contributed by atoms with Crippen LogP contribution in [0.1, 0.15) is 16.9 Å². The van der Waals surface area contributed by atoms with Crippen molar-refractivity contribution in [3.05, 3.63) is 41.2 Å². The van der Waals surface area contributed by atoms with Crippen LogP contribution in [0.5, 0.6) is 0 Å². The molecular weight excluding hydrogens is 292 g/mol. The van der Waals surface area contributed by atoms with E-state index in [9.17, 15) is 4.79 Å². The molecule has 0 bridgehead atoms. The van der Waals surface area contributed by atoms with E-state index in [4.69, 9.17) is 4.52 Å². The first-order valence-electron chi connectivity index (χ1n) is 7.84. The van der Waals surface area contributed by atoms with Gasteiger partial charge in [-0.25, -0.2) is 4.79 Å². The van der Waals surface area contributed by atoms with Gasteiger partial charge in [0.25, 0.3) is 0 Å². The Morgan fingerprint density at radius 2 is 1.87 bits per heavy atom. The highest BCUT2D eigenvalue weighted by Gasteiger charge is 2.22. The summed E-state index contributed by atoms with van der Waals surface area (Å²) < 4.78 is 4.96. The van der Waals surface area contributed by atoms with Gasteiger partial charge in [-0.1, -0.05) is 17.3 Å². The average molecular weight is 314 g/mol. The van der Waals surface area contributed by atoms with Gasteiger partial charge in [0.2, 0.25) is 0 Å². The van der Waals surface area contributed by atoms with Gasteiger partial charge in [-0.3, -0.25) is 5.32 Å². The molecule has 0 unspecified atom stereocenters. The fraction of sp³-hybridized carbons (Fsp3) is 0.412. The monoisotopic (exact) mass is 314 g/mol. The molecule has 3 rings (SSSR count). The standard InChI is InChI=1S/C17H22N4O2/c1-12-4-5-13(2)15(10-12)20-6-8-21(9-7-20)17(22)18-16-11-14(3)23-19-16/h4-5,10-11H,6-9H2,1-3H3,(H,18,19,22). The Morgan fingerprint density at radius 1 is 1.13 bits per heavy atom. The summed E-state index contributed by atoms with van der Waals surface area (Å²) in [6.07, 6.45) is 0. The van der Waals surface area contributed by atoms with Gasteiger partial charge in [-0.2, -0.15) is 0 Å². The summed E-state index contributed by atoms with van der Waals surface area (Å²) in [7, 11) is 0. The lowest BCUT2D eigenvalue weighted by Gasteiger charge is -2.36. The molecule has 0 saturated carbocycles. The molecule has 6 heteroatoms. The van der Waals surface area contributed by atoms with E-state index >= 15 is 0 Å². The van der Waals surface area contributed by atoms with Crippen LogP contribution in [0.15, 0.2) is 28.8 Å². The molecule has 23 heavy (non-hydrogen) atoms. The Morgan fingerprint density at radius 3 is 2.52 bits per heavy atom. The van der Waals surface area contributed by atoms with Crippen molar-refractivity contribution in [3.63, 3.8) is 0 Å². The van der Waals surface area contributed by atoms with E-state index in [2.05, 4.69) is 47.4 Å². The summed E-state index contributed by atoms with van der Waals surface area (Å²) >= 11 is 0. The molecule has 2 aromatic rings. The molecule has 0 radical (unpaired) electrons. The van der Waals surface area contributed by atoms with E-state index in [1.165, 1.54) is 16.8 Å². The number of hydrogen-bond donors (Lipinski definition) is 1. The predicted molar refractivity (Wildman–Crippen MR) is 90.0 cm³/mol. The Labute approximate surface area is 136 Å². The minimum absolute atomic E-state index is 0.126. The molecule has 2 amide bonds. The second-order valence-electron chi connectivity index (χ2n) is 6.02. The quantitative estimate of drug-likeness (QED) is 0.926. The number of anilines is 2. The van der Waals surface area contributed by atoms with E-state index in [0.717, 1.165) is 13.1 Å². The number of benzene rings is 1. The van der Waals surface area contributed by atoms with Gasteiger partial charge in [-0.05, 0) is 38.0 Å². The summed E-state index contributed by atoms with van der Waals surface area (Å²) in [6.45, 7) is 9.07. The number of aromatic nitrogens is 1. The first-order valence-corrected chi connectivity index (χ1v) is 7.84. The lowest BCUT2D eigenvalue weighted by molar-refractivity contribution is 0.208.